The Morgan fingerprint density at radius 2 is 1.47 bits per heavy atom. The van der Waals surface area contributed by atoms with Crippen LogP contribution in [0.3, 0.4) is 0 Å². The SMILES string of the molecule is O=C(O)c1ccccn1.[Ir].[c-]1cc2c(ccc3ccccc32)cc1-c1ccccn1. The van der Waals surface area contributed by atoms with Gasteiger partial charge in [-0.3, -0.25) is 0 Å². The molecule has 0 aliphatic heterocycles. The summed E-state index contributed by atoms with van der Waals surface area (Å²) >= 11 is 0. The number of nitrogens with zero attached hydrogens (tertiary/aromatic N) is 2. The summed E-state index contributed by atoms with van der Waals surface area (Å²) in [4.78, 5) is 18.1. The summed E-state index contributed by atoms with van der Waals surface area (Å²) in [6.45, 7) is 0. The molecule has 0 aliphatic rings. The Balaban J connectivity index is 0.000000218. The van der Waals surface area contributed by atoms with Crippen LogP contribution in [0.2, 0.25) is 0 Å². The van der Waals surface area contributed by atoms with E-state index in [-0.39, 0.29) is 25.8 Å². The summed E-state index contributed by atoms with van der Waals surface area (Å²) in [7, 11) is 0. The molecule has 149 valence electrons. The quantitative estimate of drug-likeness (QED) is 0.221. The van der Waals surface area contributed by atoms with E-state index in [9.17, 15) is 4.79 Å². The van der Waals surface area contributed by atoms with Crippen molar-refractivity contribution < 1.29 is 30.0 Å². The van der Waals surface area contributed by atoms with Crippen LogP contribution in [0.5, 0.6) is 0 Å². The van der Waals surface area contributed by atoms with Crippen molar-refractivity contribution in [2.24, 2.45) is 0 Å². The fourth-order valence-electron chi connectivity index (χ4n) is 3.11. The average Bonchev–Trinajstić information content (AvgIpc) is 2.80. The van der Waals surface area contributed by atoms with Crippen LogP contribution in [0.4, 0.5) is 0 Å². The standard InChI is InChI=1S/C19H12N.C6H5NO2.Ir/c1-2-6-17-14(5-1)8-9-15-13-16(10-11-18(15)17)19-7-3-4-12-20-19;8-6(9)5-3-1-2-4-7-5;/h1-9,11-13H;1-4H,(H,8,9);/q-1;;. The molecule has 0 spiro atoms. The number of aromatic nitrogens is 2. The van der Waals surface area contributed by atoms with Crippen LogP contribution >= 0.6 is 0 Å². The minimum absolute atomic E-state index is 0. The van der Waals surface area contributed by atoms with Crippen molar-refractivity contribution in [3.8, 4) is 11.3 Å². The third kappa shape index (κ3) is 4.77. The summed E-state index contributed by atoms with van der Waals surface area (Å²) in [6.07, 6.45) is 3.26. The van der Waals surface area contributed by atoms with Gasteiger partial charge in [0.1, 0.15) is 5.69 Å². The van der Waals surface area contributed by atoms with E-state index in [1.165, 1.54) is 33.8 Å². The zero-order chi connectivity index (χ0) is 20.1. The molecule has 2 heterocycles. The van der Waals surface area contributed by atoms with Gasteiger partial charge in [-0.25, -0.2) is 9.78 Å². The summed E-state index contributed by atoms with van der Waals surface area (Å²) in [5, 5.41) is 13.3. The Morgan fingerprint density at radius 1 is 0.767 bits per heavy atom. The molecule has 4 nitrogen and oxygen atoms in total. The van der Waals surface area contributed by atoms with E-state index in [0.717, 1.165) is 11.3 Å². The molecule has 0 saturated heterocycles. The van der Waals surface area contributed by atoms with E-state index in [1.807, 2.05) is 24.4 Å². The van der Waals surface area contributed by atoms with Gasteiger partial charge in [0.15, 0.2) is 0 Å². The van der Waals surface area contributed by atoms with Crippen molar-refractivity contribution >= 4 is 27.5 Å². The molecule has 0 bridgehead atoms. The zero-order valence-electron chi connectivity index (χ0n) is 15.8. The van der Waals surface area contributed by atoms with Crippen molar-refractivity contribution in [2.45, 2.75) is 0 Å². The maximum Gasteiger partial charge on any atom is 0.354 e. The summed E-state index contributed by atoms with van der Waals surface area (Å²) in [5.74, 6) is -0.990. The van der Waals surface area contributed by atoms with Crippen LogP contribution in [-0.4, -0.2) is 21.0 Å². The molecule has 0 saturated carbocycles. The van der Waals surface area contributed by atoms with E-state index in [1.54, 1.807) is 12.1 Å². The van der Waals surface area contributed by atoms with Crippen LogP contribution in [0.1, 0.15) is 10.5 Å². The van der Waals surface area contributed by atoms with Crippen LogP contribution in [0, 0.1) is 6.07 Å². The smallest absolute Gasteiger partial charge is 0.354 e. The normalized spacial score (nSPS) is 10.0. The van der Waals surface area contributed by atoms with E-state index in [4.69, 9.17) is 5.11 Å². The second-order valence-corrected chi connectivity index (χ2v) is 6.37. The number of carboxylic acid groups (broad SMARTS) is 1. The molecule has 1 N–H and O–H groups in total. The third-order valence-corrected chi connectivity index (χ3v) is 4.50. The average molecular weight is 570 g/mol. The van der Waals surface area contributed by atoms with Gasteiger partial charge >= 0.3 is 5.97 Å². The number of rotatable bonds is 2. The third-order valence-electron chi connectivity index (χ3n) is 4.50. The molecule has 5 rings (SSSR count). The number of aromatic carboxylic acids is 1. The Hall–Kier alpha value is -3.40. The largest absolute Gasteiger partial charge is 0.477 e. The maximum atomic E-state index is 10.1. The van der Waals surface area contributed by atoms with E-state index in [2.05, 4.69) is 64.6 Å². The van der Waals surface area contributed by atoms with Gasteiger partial charge in [-0.1, -0.05) is 65.4 Å². The van der Waals surface area contributed by atoms with E-state index < -0.39 is 5.97 Å². The van der Waals surface area contributed by atoms with Crippen molar-refractivity contribution in [1.29, 1.82) is 0 Å². The number of carbonyl (C=O) groups is 1. The number of hydrogen-bond acceptors (Lipinski definition) is 3. The number of carboxylic acids is 1. The van der Waals surface area contributed by atoms with Gasteiger partial charge in [0.25, 0.3) is 0 Å². The van der Waals surface area contributed by atoms with Crippen LogP contribution in [-0.2, 0) is 20.1 Å². The monoisotopic (exact) mass is 570 g/mol. The zero-order valence-corrected chi connectivity index (χ0v) is 18.2. The Labute approximate surface area is 187 Å². The molecular weight excluding hydrogens is 553 g/mol. The molecule has 2 aromatic heterocycles. The fourth-order valence-corrected chi connectivity index (χ4v) is 3.11. The van der Waals surface area contributed by atoms with E-state index >= 15 is 0 Å². The first-order valence-corrected chi connectivity index (χ1v) is 9.11. The topological polar surface area (TPSA) is 63.1 Å². The predicted octanol–water partition coefficient (Wildman–Crippen LogP) is 5.63. The first-order valence-electron chi connectivity index (χ1n) is 9.11. The van der Waals surface area contributed by atoms with Crippen molar-refractivity contribution in [3.63, 3.8) is 0 Å². The number of pyridine rings is 2. The molecule has 0 amide bonds. The van der Waals surface area contributed by atoms with Crippen molar-refractivity contribution in [3.05, 3.63) is 109 Å². The first-order chi connectivity index (χ1) is 14.2. The molecule has 30 heavy (non-hydrogen) atoms. The molecule has 5 aromatic rings. The van der Waals surface area contributed by atoms with Crippen LogP contribution in [0.25, 0.3) is 32.8 Å². The predicted molar refractivity (Wildman–Crippen MR) is 115 cm³/mol. The Kier molecular flexibility index (Phi) is 7.02. The van der Waals surface area contributed by atoms with Gasteiger partial charge in [-0.05, 0) is 29.3 Å². The minimum Gasteiger partial charge on any atom is -0.477 e. The van der Waals surface area contributed by atoms with Crippen LogP contribution in [0.15, 0.2) is 97.3 Å². The number of benzene rings is 3. The number of hydrogen-bond donors (Lipinski definition) is 1. The first kappa shape index (κ1) is 21.3. The van der Waals surface area contributed by atoms with Crippen LogP contribution < -0.4 is 0 Å². The van der Waals surface area contributed by atoms with Gasteiger partial charge in [0.05, 0.1) is 0 Å². The molecular formula is C25H17IrN2O2-. The van der Waals surface area contributed by atoms with Gasteiger partial charge in [-0.2, -0.15) is 0 Å². The van der Waals surface area contributed by atoms with E-state index in [0.29, 0.717) is 0 Å². The summed E-state index contributed by atoms with van der Waals surface area (Å²) in [5.41, 5.74) is 2.08. The second kappa shape index (κ2) is 9.88. The van der Waals surface area contributed by atoms with Gasteiger partial charge in [0, 0.05) is 32.5 Å². The molecule has 0 atom stereocenters. The molecule has 0 unspecified atom stereocenters. The fraction of sp³-hybridized carbons (Fsp3) is 0. The molecule has 3 aromatic carbocycles. The van der Waals surface area contributed by atoms with Gasteiger partial charge in [0.2, 0.25) is 0 Å². The molecule has 0 aliphatic carbocycles. The van der Waals surface area contributed by atoms with Gasteiger partial charge < -0.3 is 10.1 Å². The maximum absolute atomic E-state index is 10.1. The van der Waals surface area contributed by atoms with Gasteiger partial charge in [-0.15, -0.1) is 29.1 Å². The molecule has 5 heteroatoms. The summed E-state index contributed by atoms with van der Waals surface area (Å²) < 4.78 is 0. The molecule has 1 radical (unpaired) electrons. The Morgan fingerprint density at radius 3 is 2.13 bits per heavy atom. The Bertz CT molecular complexity index is 1280. The second-order valence-electron chi connectivity index (χ2n) is 6.37. The number of fused-ring (bicyclic) bond motifs is 3. The van der Waals surface area contributed by atoms with Crippen molar-refractivity contribution in [2.75, 3.05) is 0 Å². The van der Waals surface area contributed by atoms with Crippen molar-refractivity contribution in [1.82, 2.24) is 9.97 Å². The molecule has 0 fully saturated rings. The summed E-state index contributed by atoms with van der Waals surface area (Å²) in [6, 6.07) is 31.1. The minimum atomic E-state index is -0.990.